The van der Waals surface area contributed by atoms with Crippen LogP contribution in [0.5, 0.6) is 5.88 Å². The smallest absolute Gasteiger partial charge is 0.307 e. The molecule has 0 bridgehead atoms. The standard InChI is InChI=1S/C19H20N2O4/c22-18(23)11-13-4-3-5-15(10-13)21-19(24)14-8-9-17(20-12-14)25-16-6-1-2-7-16/h3-5,8-10,12,16H,1-2,6-7,11H2,(H,21,24)(H,22,23). The van der Waals surface area contributed by atoms with Gasteiger partial charge in [-0.25, -0.2) is 4.98 Å². The number of carbonyl (C=O) groups excluding carboxylic acids is 1. The third-order valence-corrected chi connectivity index (χ3v) is 4.13. The van der Waals surface area contributed by atoms with Crippen molar-refractivity contribution in [2.75, 3.05) is 5.32 Å². The van der Waals surface area contributed by atoms with Crippen molar-refractivity contribution in [1.82, 2.24) is 4.98 Å². The highest BCUT2D eigenvalue weighted by molar-refractivity contribution is 6.04. The number of nitrogens with one attached hydrogen (secondary N) is 1. The molecule has 1 saturated carbocycles. The molecule has 130 valence electrons. The number of aromatic nitrogens is 1. The van der Waals surface area contributed by atoms with Crippen molar-refractivity contribution in [1.29, 1.82) is 0 Å². The Morgan fingerprint density at radius 3 is 2.68 bits per heavy atom. The number of hydrogen-bond donors (Lipinski definition) is 2. The minimum absolute atomic E-state index is 0.0849. The first-order valence-corrected chi connectivity index (χ1v) is 8.35. The van der Waals surface area contributed by atoms with Crippen LogP contribution in [0.1, 0.15) is 41.6 Å². The van der Waals surface area contributed by atoms with Gasteiger partial charge in [-0.05, 0) is 49.4 Å². The van der Waals surface area contributed by atoms with E-state index in [1.165, 1.54) is 19.0 Å². The monoisotopic (exact) mass is 340 g/mol. The summed E-state index contributed by atoms with van der Waals surface area (Å²) in [5, 5.41) is 11.6. The van der Waals surface area contributed by atoms with E-state index in [9.17, 15) is 9.59 Å². The van der Waals surface area contributed by atoms with E-state index in [0.29, 0.717) is 22.7 Å². The van der Waals surface area contributed by atoms with Gasteiger partial charge in [-0.3, -0.25) is 9.59 Å². The molecule has 0 unspecified atom stereocenters. The number of pyridine rings is 1. The van der Waals surface area contributed by atoms with E-state index in [1.807, 2.05) is 0 Å². The number of amides is 1. The first-order valence-electron chi connectivity index (χ1n) is 8.35. The van der Waals surface area contributed by atoms with Crippen LogP contribution in [0.15, 0.2) is 42.6 Å². The molecule has 1 aliphatic carbocycles. The first-order chi connectivity index (χ1) is 12.1. The summed E-state index contributed by atoms with van der Waals surface area (Å²) in [6.45, 7) is 0. The molecule has 6 heteroatoms. The molecule has 0 saturated heterocycles. The number of carboxylic acid groups (broad SMARTS) is 1. The molecular weight excluding hydrogens is 320 g/mol. The Hall–Kier alpha value is -2.89. The number of aliphatic carboxylic acids is 1. The average Bonchev–Trinajstić information content (AvgIpc) is 3.08. The van der Waals surface area contributed by atoms with Gasteiger partial charge in [0.25, 0.3) is 5.91 Å². The summed E-state index contributed by atoms with van der Waals surface area (Å²) < 4.78 is 5.78. The molecule has 1 fully saturated rings. The fourth-order valence-electron chi connectivity index (χ4n) is 2.90. The number of nitrogens with zero attached hydrogens (tertiary/aromatic N) is 1. The maximum Gasteiger partial charge on any atom is 0.307 e. The lowest BCUT2D eigenvalue weighted by atomic mass is 10.1. The van der Waals surface area contributed by atoms with Crippen LogP contribution >= 0.6 is 0 Å². The van der Waals surface area contributed by atoms with Crippen molar-refractivity contribution in [2.45, 2.75) is 38.2 Å². The maximum atomic E-state index is 12.3. The van der Waals surface area contributed by atoms with Crippen molar-refractivity contribution in [3.8, 4) is 5.88 Å². The van der Waals surface area contributed by atoms with E-state index in [2.05, 4.69) is 10.3 Å². The van der Waals surface area contributed by atoms with Crippen molar-refractivity contribution in [3.63, 3.8) is 0 Å². The van der Waals surface area contributed by atoms with E-state index in [4.69, 9.17) is 9.84 Å². The second kappa shape index (κ2) is 7.79. The van der Waals surface area contributed by atoms with Gasteiger partial charge in [-0.2, -0.15) is 0 Å². The minimum atomic E-state index is -0.912. The summed E-state index contributed by atoms with van der Waals surface area (Å²) in [6, 6.07) is 10.2. The SMILES string of the molecule is O=C(O)Cc1cccc(NC(=O)c2ccc(OC3CCCC3)nc2)c1. The first kappa shape index (κ1) is 17.0. The molecule has 2 N–H and O–H groups in total. The number of carbonyl (C=O) groups is 2. The van der Waals surface area contributed by atoms with Gasteiger partial charge in [0.2, 0.25) is 5.88 Å². The van der Waals surface area contributed by atoms with Crippen molar-refractivity contribution < 1.29 is 19.4 Å². The van der Waals surface area contributed by atoms with E-state index < -0.39 is 5.97 Å². The molecule has 0 aliphatic heterocycles. The molecular formula is C19H20N2O4. The largest absolute Gasteiger partial charge is 0.481 e. The van der Waals surface area contributed by atoms with Crippen molar-refractivity contribution >= 4 is 17.6 Å². The van der Waals surface area contributed by atoms with E-state index in [-0.39, 0.29) is 18.4 Å². The zero-order valence-electron chi connectivity index (χ0n) is 13.8. The zero-order chi connectivity index (χ0) is 17.6. The van der Waals surface area contributed by atoms with Crippen LogP contribution in [-0.4, -0.2) is 28.1 Å². The highest BCUT2D eigenvalue weighted by Gasteiger charge is 2.17. The van der Waals surface area contributed by atoms with Gasteiger partial charge in [0.1, 0.15) is 6.10 Å². The summed E-state index contributed by atoms with van der Waals surface area (Å²) in [5.41, 5.74) is 1.60. The number of anilines is 1. The van der Waals surface area contributed by atoms with Gasteiger partial charge < -0.3 is 15.2 Å². The Morgan fingerprint density at radius 2 is 2.00 bits per heavy atom. The molecule has 0 radical (unpaired) electrons. The molecule has 25 heavy (non-hydrogen) atoms. The summed E-state index contributed by atoms with van der Waals surface area (Å²) in [4.78, 5) is 27.3. The van der Waals surface area contributed by atoms with E-state index in [0.717, 1.165) is 12.8 Å². The second-order valence-electron chi connectivity index (χ2n) is 6.13. The molecule has 1 aliphatic rings. The third kappa shape index (κ3) is 4.79. The minimum Gasteiger partial charge on any atom is -0.481 e. The number of ether oxygens (including phenoxy) is 1. The van der Waals surface area contributed by atoms with Crippen molar-refractivity contribution in [2.24, 2.45) is 0 Å². The van der Waals surface area contributed by atoms with Gasteiger partial charge in [0.15, 0.2) is 0 Å². The topological polar surface area (TPSA) is 88.5 Å². The highest BCUT2D eigenvalue weighted by Crippen LogP contribution is 2.23. The van der Waals surface area contributed by atoms with Crippen LogP contribution < -0.4 is 10.1 Å². The third-order valence-electron chi connectivity index (χ3n) is 4.13. The van der Waals surface area contributed by atoms with Gasteiger partial charge in [-0.1, -0.05) is 12.1 Å². The lowest BCUT2D eigenvalue weighted by Crippen LogP contribution is -2.14. The van der Waals surface area contributed by atoms with Crippen LogP contribution in [0.2, 0.25) is 0 Å². The molecule has 0 atom stereocenters. The Labute approximate surface area is 145 Å². The maximum absolute atomic E-state index is 12.3. The molecule has 1 aromatic heterocycles. The summed E-state index contributed by atoms with van der Waals surface area (Å²) >= 11 is 0. The van der Waals surface area contributed by atoms with Gasteiger partial charge in [-0.15, -0.1) is 0 Å². The van der Waals surface area contributed by atoms with Crippen LogP contribution in [0.3, 0.4) is 0 Å². The van der Waals surface area contributed by atoms with Crippen LogP contribution in [-0.2, 0) is 11.2 Å². The molecule has 1 heterocycles. The Kier molecular flexibility index (Phi) is 5.28. The zero-order valence-corrected chi connectivity index (χ0v) is 13.8. The molecule has 2 aromatic rings. The van der Waals surface area contributed by atoms with Crippen LogP contribution in [0.25, 0.3) is 0 Å². The van der Waals surface area contributed by atoms with Gasteiger partial charge >= 0.3 is 5.97 Å². The van der Waals surface area contributed by atoms with Crippen molar-refractivity contribution in [3.05, 3.63) is 53.7 Å². The number of benzene rings is 1. The fraction of sp³-hybridized carbons (Fsp3) is 0.316. The predicted molar refractivity (Wildman–Crippen MR) is 92.9 cm³/mol. The molecule has 6 nitrogen and oxygen atoms in total. The summed E-state index contributed by atoms with van der Waals surface area (Å²) in [5.74, 6) is -0.676. The number of carboxylic acids is 1. The predicted octanol–water partition coefficient (Wildman–Crippen LogP) is 3.28. The van der Waals surface area contributed by atoms with Crippen LogP contribution in [0, 0.1) is 0 Å². The molecule has 1 aromatic carbocycles. The lowest BCUT2D eigenvalue weighted by Gasteiger charge is -2.12. The van der Waals surface area contributed by atoms with E-state index >= 15 is 0 Å². The number of rotatable bonds is 6. The van der Waals surface area contributed by atoms with Crippen LogP contribution in [0.4, 0.5) is 5.69 Å². The normalized spacial score (nSPS) is 14.2. The molecule has 1 amide bonds. The Bertz CT molecular complexity index is 752. The summed E-state index contributed by atoms with van der Waals surface area (Å²) in [7, 11) is 0. The fourth-order valence-corrected chi connectivity index (χ4v) is 2.90. The van der Waals surface area contributed by atoms with E-state index in [1.54, 1.807) is 36.4 Å². The lowest BCUT2D eigenvalue weighted by molar-refractivity contribution is -0.136. The molecule has 3 rings (SSSR count). The highest BCUT2D eigenvalue weighted by atomic mass is 16.5. The Morgan fingerprint density at radius 1 is 1.20 bits per heavy atom. The number of hydrogen-bond acceptors (Lipinski definition) is 4. The quantitative estimate of drug-likeness (QED) is 0.842. The second-order valence-corrected chi connectivity index (χ2v) is 6.13. The molecule has 0 spiro atoms. The Balaban J connectivity index is 1.61. The van der Waals surface area contributed by atoms with Gasteiger partial charge in [0.05, 0.1) is 12.0 Å². The van der Waals surface area contributed by atoms with Gasteiger partial charge in [0, 0.05) is 18.0 Å². The summed E-state index contributed by atoms with van der Waals surface area (Å²) in [6.07, 6.45) is 6.11. The average molecular weight is 340 g/mol.